The minimum absolute atomic E-state index is 1.10. The molecule has 0 aliphatic heterocycles. The number of aromatic nitrogens is 2. The van der Waals surface area contributed by atoms with E-state index in [9.17, 15) is 0 Å². The molecule has 3 nitrogen and oxygen atoms in total. The molecule has 0 saturated heterocycles. The Morgan fingerprint density at radius 2 is 0.683 bits per heavy atom. The highest BCUT2D eigenvalue weighted by molar-refractivity contribution is 6.12. The van der Waals surface area contributed by atoms with Gasteiger partial charge in [0.1, 0.15) is 0 Å². The summed E-state index contributed by atoms with van der Waals surface area (Å²) in [6.07, 6.45) is 0. The van der Waals surface area contributed by atoms with Gasteiger partial charge in [-0.05, 0) is 131 Å². The van der Waals surface area contributed by atoms with E-state index in [2.05, 4.69) is 263 Å². The topological polar surface area (TPSA) is 13.1 Å². The molecule has 0 radical (unpaired) electrons. The zero-order valence-electron chi connectivity index (χ0n) is 34.5. The number of fused-ring (bicyclic) bond motifs is 6. The number of hydrogen-bond donors (Lipinski definition) is 0. The monoisotopic (exact) mass is 803 g/mol. The summed E-state index contributed by atoms with van der Waals surface area (Å²) in [6, 6.07) is 90.2. The third-order valence-corrected chi connectivity index (χ3v) is 12.5. The number of anilines is 3. The second-order valence-electron chi connectivity index (χ2n) is 16.2. The lowest BCUT2D eigenvalue weighted by Crippen LogP contribution is -2.10. The summed E-state index contributed by atoms with van der Waals surface area (Å²) >= 11 is 0. The quantitative estimate of drug-likeness (QED) is 0.149. The Hall–Kier alpha value is -8.40. The minimum Gasteiger partial charge on any atom is -0.310 e. The molecule has 2 heterocycles. The largest absolute Gasteiger partial charge is 0.310 e. The molecule has 0 bridgehead atoms. The summed E-state index contributed by atoms with van der Waals surface area (Å²) in [5.74, 6) is 0. The number of nitrogens with zero attached hydrogens (tertiary/aromatic N) is 3. The molecule has 2 aromatic heterocycles. The van der Waals surface area contributed by atoms with Gasteiger partial charge in [-0.25, -0.2) is 0 Å². The molecule has 0 unspecified atom stereocenters. The van der Waals surface area contributed by atoms with Crippen LogP contribution in [0.5, 0.6) is 0 Å². The van der Waals surface area contributed by atoms with Gasteiger partial charge >= 0.3 is 0 Å². The first kappa shape index (κ1) is 36.5. The van der Waals surface area contributed by atoms with E-state index in [1.54, 1.807) is 0 Å². The molecule has 0 atom stereocenters. The molecule has 63 heavy (non-hydrogen) atoms. The molecule has 10 aromatic carbocycles. The lowest BCUT2D eigenvalue weighted by molar-refractivity contribution is 1.18. The summed E-state index contributed by atoms with van der Waals surface area (Å²) in [5.41, 5.74) is 17.3. The molecule has 296 valence electrons. The standard InChI is InChI=1S/C60H41N3/c1-5-19-47(20-6-1)61(48-21-7-2-8-22-48)56-30-16-13-27-51(56)46-38-44(42-34-36-59-55(40-42)53-29-15-18-32-58(53)62(59)49-23-9-3-10-24-49)37-45(39-46)43-33-35-54-52-28-14-17-31-57(52)63(60(54)41-43)50-25-11-4-12-26-50/h1-41H. The number of rotatable bonds is 8. The van der Waals surface area contributed by atoms with Gasteiger partial charge in [0, 0.05) is 49.9 Å². The van der Waals surface area contributed by atoms with Gasteiger partial charge in [-0.15, -0.1) is 0 Å². The summed E-state index contributed by atoms with van der Waals surface area (Å²) in [4.78, 5) is 2.37. The van der Waals surface area contributed by atoms with Crippen LogP contribution in [0.2, 0.25) is 0 Å². The van der Waals surface area contributed by atoms with Crippen molar-refractivity contribution < 1.29 is 0 Å². The maximum atomic E-state index is 2.41. The van der Waals surface area contributed by atoms with Crippen LogP contribution in [0.1, 0.15) is 0 Å². The van der Waals surface area contributed by atoms with E-state index in [1.165, 1.54) is 49.2 Å². The van der Waals surface area contributed by atoms with Crippen molar-refractivity contribution in [3.05, 3.63) is 249 Å². The summed E-state index contributed by atoms with van der Waals surface area (Å²) in [5, 5.41) is 4.95. The lowest BCUT2D eigenvalue weighted by atomic mass is 9.91. The molecular formula is C60H41N3. The van der Waals surface area contributed by atoms with E-state index in [1.807, 2.05) is 0 Å². The van der Waals surface area contributed by atoms with Crippen molar-refractivity contribution in [1.29, 1.82) is 0 Å². The van der Waals surface area contributed by atoms with E-state index in [0.717, 1.165) is 56.3 Å². The highest BCUT2D eigenvalue weighted by Crippen LogP contribution is 2.44. The molecule has 3 heteroatoms. The van der Waals surface area contributed by atoms with Gasteiger partial charge in [-0.2, -0.15) is 0 Å². The molecule has 0 fully saturated rings. The average Bonchev–Trinajstić information content (AvgIpc) is 3.87. The first-order valence-electron chi connectivity index (χ1n) is 21.6. The van der Waals surface area contributed by atoms with Crippen molar-refractivity contribution in [2.24, 2.45) is 0 Å². The summed E-state index contributed by atoms with van der Waals surface area (Å²) in [6.45, 7) is 0. The number of para-hydroxylation sites is 7. The van der Waals surface area contributed by atoms with Gasteiger partial charge < -0.3 is 14.0 Å². The number of benzene rings is 10. The van der Waals surface area contributed by atoms with Gasteiger partial charge in [0.05, 0.1) is 27.8 Å². The van der Waals surface area contributed by atoms with Crippen LogP contribution in [-0.4, -0.2) is 9.13 Å². The Bertz CT molecular complexity index is 3570. The second kappa shape index (κ2) is 15.3. The van der Waals surface area contributed by atoms with Crippen molar-refractivity contribution in [1.82, 2.24) is 9.13 Å². The fourth-order valence-corrected chi connectivity index (χ4v) is 9.62. The van der Waals surface area contributed by atoms with Crippen molar-refractivity contribution >= 4 is 60.7 Å². The minimum atomic E-state index is 1.10. The number of hydrogen-bond acceptors (Lipinski definition) is 1. The molecular weight excluding hydrogens is 763 g/mol. The van der Waals surface area contributed by atoms with Crippen LogP contribution in [0.15, 0.2) is 249 Å². The van der Waals surface area contributed by atoms with E-state index < -0.39 is 0 Å². The van der Waals surface area contributed by atoms with Gasteiger partial charge in [0.25, 0.3) is 0 Å². The first-order chi connectivity index (χ1) is 31.3. The molecule has 12 rings (SSSR count). The van der Waals surface area contributed by atoms with Gasteiger partial charge in [0.2, 0.25) is 0 Å². The lowest BCUT2D eigenvalue weighted by Gasteiger charge is -2.28. The molecule has 0 N–H and O–H groups in total. The Morgan fingerprint density at radius 1 is 0.254 bits per heavy atom. The second-order valence-corrected chi connectivity index (χ2v) is 16.2. The van der Waals surface area contributed by atoms with E-state index in [-0.39, 0.29) is 0 Å². The van der Waals surface area contributed by atoms with Gasteiger partial charge in [-0.1, -0.05) is 146 Å². The van der Waals surface area contributed by atoms with Crippen molar-refractivity contribution in [2.45, 2.75) is 0 Å². The maximum absolute atomic E-state index is 2.41. The van der Waals surface area contributed by atoms with Crippen LogP contribution in [0.25, 0.3) is 88.4 Å². The third kappa shape index (κ3) is 6.29. The predicted octanol–water partition coefficient (Wildman–Crippen LogP) is 16.4. The summed E-state index contributed by atoms with van der Waals surface area (Å²) in [7, 11) is 0. The normalized spacial score (nSPS) is 11.5. The smallest absolute Gasteiger partial charge is 0.0547 e. The Labute approximate surface area is 366 Å². The molecule has 0 aliphatic rings. The van der Waals surface area contributed by atoms with E-state index in [0.29, 0.717) is 0 Å². The zero-order chi connectivity index (χ0) is 41.7. The van der Waals surface area contributed by atoms with E-state index >= 15 is 0 Å². The molecule has 12 aromatic rings. The van der Waals surface area contributed by atoms with Crippen molar-refractivity contribution in [2.75, 3.05) is 4.90 Å². The van der Waals surface area contributed by atoms with Crippen LogP contribution in [0.3, 0.4) is 0 Å². The van der Waals surface area contributed by atoms with Gasteiger partial charge in [0.15, 0.2) is 0 Å². The Kier molecular flexibility index (Phi) is 8.83. The maximum Gasteiger partial charge on any atom is 0.0547 e. The fourth-order valence-electron chi connectivity index (χ4n) is 9.62. The predicted molar refractivity (Wildman–Crippen MR) is 266 cm³/mol. The van der Waals surface area contributed by atoms with Crippen LogP contribution in [0.4, 0.5) is 17.1 Å². The molecule has 0 aliphatic carbocycles. The van der Waals surface area contributed by atoms with Crippen molar-refractivity contribution in [3.8, 4) is 44.8 Å². The highest BCUT2D eigenvalue weighted by atomic mass is 15.1. The SMILES string of the molecule is c1ccc(N(c2ccccc2)c2ccccc2-c2cc(-c3ccc4c(c3)c3ccccc3n4-c3ccccc3)cc(-c3ccc4c5ccccc5n(-c5ccccc5)c4c3)c2)cc1. The average molecular weight is 804 g/mol. The van der Waals surface area contributed by atoms with Crippen LogP contribution >= 0.6 is 0 Å². The van der Waals surface area contributed by atoms with E-state index in [4.69, 9.17) is 0 Å². The molecule has 0 spiro atoms. The third-order valence-electron chi connectivity index (χ3n) is 12.5. The van der Waals surface area contributed by atoms with Crippen LogP contribution < -0.4 is 4.90 Å². The highest BCUT2D eigenvalue weighted by Gasteiger charge is 2.20. The van der Waals surface area contributed by atoms with Gasteiger partial charge in [-0.3, -0.25) is 0 Å². The zero-order valence-corrected chi connectivity index (χ0v) is 34.5. The molecule has 0 amide bonds. The Morgan fingerprint density at radius 3 is 1.30 bits per heavy atom. The van der Waals surface area contributed by atoms with Crippen molar-refractivity contribution in [3.63, 3.8) is 0 Å². The fraction of sp³-hybridized carbons (Fsp3) is 0. The Balaban J connectivity index is 1.11. The molecule has 0 saturated carbocycles. The summed E-state index contributed by atoms with van der Waals surface area (Å²) < 4.78 is 4.79. The first-order valence-corrected chi connectivity index (χ1v) is 21.6. The van der Waals surface area contributed by atoms with Crippen LogP contribution in [-0.2, 0) is 0 Å². The van der Waals surface area contributed by atoms with Crippen LogP contribution in [0, 0.1) is 0 Å².